The first kappa shape index (κ1) is 16.8. The number of rotatable bonds is 7. The minimum atomic E-state index is -0.548. The summed E-state index contributed by atoms with van der Waals surface area (Å²) >= 11 is 0. The van der Waals surface area contributed by atoms with E-state index in [4.69, 9.17) is 0 Å². The minimum absolute atomic E-state index is 0.457. The standard InChI is InChI=1S/C18H33NO2/c1-3-9-17(10-4-2)13-19(14-17)15-18(16(20)21)11-7-5-6-8-12-18/h3-15H2,1-2H3,(H,20,21). The van der Waals surface area contributed by atoms with Gasteiger partial charge >= 0.3 is 5.97 Å². The molecular weight excluding hydrogens is 262 g/mol. The van der Waals surface area contributed by atoms with Gasteiger partial charge in [0.25, 0.3) is 0 Å². The van der Waals surface area contributed by atoms with Crippen molar-refractivity contribution in [3.63, 3.8) is 0 Å². The topological polar surface area (TPSA) is 40.5 Å². The van der Waals surface area contributed by atoms with Crippen molar-refractivity contribution in [3.05, 3.63) is 0 Å². The third-order valence-corrected chi connectivity index (χ3v) is 5.72. The maximum atomic E-state index is 11.9. The van der Waals surface area contributed by atoms with Crippen LogP contribution in [-0.2, 0) is 4.79 Å². The van der Waals surface area contributed by atoms with Crippen LogP contribution in [0.25, 0.3) is 0 Å². The molecule has 0 spiro atoms. The molecule has 0 unspecified atom stereocenters. The zero-order valence-electron chi connectivity index (χ0n) is 14.0. The fraction of sp³-hybridized carbons (Fsp3) is 0.944. The second-order valence-corrected chi connectivity index (χ2v) is 7.64. The largest absolute Gasteiger partial charge is 0.481 e. The molecule has 1 N–H and O–H groups in total. The highest BCUT2D eigenvalue weighted by atomic mass is 16.4. The third-order valence-electron chi connectivity index (χ3n) is 5.72. The molecule has 0 aromatic carbocycles. The Morgan fingerprint density at radius 1 is 1.00 bits per heavy atom. The highest BCUT2D eigenvalue weighted by Crippen LogP contribution is 2.43. The maximum absolute atomic E-state index is 11.9. The van der Waals surface area contributed by atoms with Gasteiger partial charge < -0.3 is 10.0 Å². The first-order valence-electron chi connectivity index (χ1n) is 9.02. The Balaban J connectivity index is 1.95. The molecule has 122 valence electrons. The number of likely N-dealkylation sites (tertiary alicyclic amines) is 1. The SMILES string of the molecule is CCCC1(CCC)CN(CC2(C(=O)O)CCCCCC2)C1. The summed E-state index contributed by atoms with van der Waals surface area (Å²) in [5.74, 6) is -0.548. The molecule has 1 heterocycles. The number of hydrogen-bond donors (Lipinski definition) is 1. The number of carboxylic acid groups (broad SMARTS) is 1. The average molecular weight is 295 g/mol. The lowest BCUT2D eigenvalue weighted by molar-refractivity contribution is -0.154. The van der Waals surface area contributed by atoms with Crippen molar-refractivity contribution in [2.24, 2.45) is 10.8 Å². The van der Waals surface area contributed by atoms with Gasteiger partial charge in [-0.1, -0.05) is 52.4 Å². The van der Waals surface area contributed by atoms with Crippen LogP contribution in [0.15, 0.2) is 0 Å². The highest BCUT2D eigenvalue weighted by molar-refractivity contribution is 5.75. The fourth-order valence-electron chi connectivity index (χ4n) is 4.79. The molecule has 1 aliphatic heterocycles. The summed E-state index contributed by atoms with van der Waals surface area (Å²) in [6, 6.07) is 0. The Labute approximate surface area is 130 Å². The molecule has 0 aromatic rings. The number of nitrogens with zero attached hydrogens (tertiary/aromatic N) is 1. The summed E-state index contributed by atoms with van der Waals surface area (Å²) in [5.41, 5.74) is 0.0367. The molecule has 2 fully saturated rings. The van der Waals surface area contributed by atoms with E-state index in [0.717, 1.165) is 45.3 Å². The van der Waals surface area contributed by atoms with Gasteiger partial charge in [-0.3, -0.25) is 4.79 Å². The molecule has 0 amide bonds. The number of carboxylic acids is 1. The second-order valence-electron chi connectivity index (χ2n) is 7.64. The van der Waals surface area contributed by atoms with Gasteiger partial charge in [0.05, 0.1) is 5.41 Å². The van der Waals surface area contributed by atoms with Crippen LogP contribution in [0.4, 0.5) is 0 Å². The molecule has 3 heteroatoms. The van der Waals surface area contributed by atoms with E-state index in [1.165, 1.54) is 38.5 Å². The fourth-order valence-corrected chi connectivity index (χ4v) is 4.79. The van der Waals surface area contributed by atoms with Crippen molar-refractivity contribution < 1.29 is 9.90 Å². The predicted octanol–water partition coefficient (Wildman–Crippen LogP) is 4.31. The van der Waals surface area contributed by atoms with Crippen LogP contribution >= 0.6 is 0 Å². The van der Waals surface area contributed by atoms with E-state index in [0.29, 0.717) is 5.41 Å². The zero-order chi connectivity index (χ0) is 15.3. The number of carbonyl (C=O) groups is 1. The van der Waals surface area contributed by atoms with Crippen LogP contribution in [0.2, 0.25) is 0 Å². The Morgan fingerprint density at radius 3 is 1.95 bits per heavy atom. The Morgan fingerprint density at radius 2 is 1.52 bits per heavy atom. The van der Waals surface area contributed by atoms with E-state index in [2.05, 4.69) is 18.7 Å². The zero-order valence-corrected chi connectivity index (χ0v) is 14.0. The molecule has 0 aromatic heterocycles. The molecule has 0 atom stereocenters. The monoisotopic (exact) mass is 295 g/mol. The summed E-state index contributed by atoms with van der Waals surface area (Å²) in [6.07, 6.45) is 11.5. The molecule has 0 radical (unpaired) electrons. The second kappa shape index (κ2) is 7.13. The van der Waals surface area contributed by atoms with Gasteiger partial charge in [-0.15, -0.1) is 0 Å². The lowest BCUT2D eigenvalue weighted by Gasteiger charge is -2.53. The maximum Gasteiger partial charge on any atom is 0.310 e. The molecule has 2 rings (SSSR count). The molecule has 21 heavy (non-hydrogen) atoms. The van der Waals surface area contributed by atoms with E-state index < -0.39 is 11.4 Å². The first-order valence-corrected chi connectivity index (χ1v) is 9.02. The van der Waals surface area contributed by atoms with E-state index in [1.54, 1.807) is 0 Å². The smallest absolute Gasteiger partial charge is 0.310 e. The van der Waals surface area contributed by atoms with Gasteiger partial charge in [0.2, 0.25) is 0 Å². The summed E-state index contributed by atoms with van der Waals surface area (Å²) in [4.78, 5) is 14.3. The van der Waals surface area contributed by atoms with E-state index >= 15 is 0 Å². The van der Waals surface area contributed by atoms with Gasteiger partial charge in [-0.05, 0) is 31.1 Å². The van der Waals surface area contributed by atoms with Crippen LogP contribution in [0.5, 0.6) is 0 Å². The van der Waals surface area contributed by atoms with Gasteiger partial charge in [0.15, 0.2) is 0 Å². The van der Waals surface area contributed by atoms with Gasteiger partial charge in [-0.2, -0.15) is 0 Å². The van der Waals surface area contributed by atoms with E-state index in [-0.39, 0.29) is 0 Å². The van der Waals surface area contributed by atoms with Crippen LogP contribution in [-0.4, -0.2) is 35.6 Å². The third kappa shape index (κ3) is 3.80. The number of hydrogen-bond acceptors (Lipinski definition) is 2. The van der Waals surface area contributed by atoms with E-state index in [1.807, 2.05) is 0 Å². The molecule has 1 aliphatic carbocycles. The molecular formula is C18H33NO2. The molecule has 1 saturated heterocycles. The van der Waals surface area contributed by atoms with Crippen LogP contribution in [0.3, 0.4) is 0 Å². The van der Waals surface area contributed by atoms with Crippen molar-refractivity contribution in [2.75, 3.05) is 19.6 Å². The Kier molecular flexibility index (Phi) is 5.70. The van der Waals surface area contributed by atoms with Crippen molar-refractivity contribution >= 4 is 5.97 Å². The molecule has 3 nitrogen and oxygen atoms in total. The van der Waals surface area contributed by atoms with Crippen molar-refractivity contribution in [1.29, 1.82) is 0 Å². The van der Waals surface area contributed by atoms with Crippen molar-refractivity contribution in [2.45, 2.75) is 78.1 Å². The summed E-state index contributed by atoms with van der Waals surface area (Å²) in [5, 5.41) is 9.79. The molecule has 0 bridgehead atoms. The normalized spacial score (nSPS) is 25.0. The Hall–Kier alpha value is -0.570. The van der Waals surface area contributed by atoms with Crippen LogP contribution < -0.4 is 0 Å². The van der Waals surface area contributed by atoms with Crippen LogP contribution in [0.1, 0.15) is 78.1 Å². The Bertz CT molecular complexity index is 331. The number of aliphatic carboxylic acids is 1. The van der Waals surface area contributed by atoms with Crippen molar-refractivity contribution in [3.8, 4) is 0 Å². The molecule has 2 aliphatic rings. The summed E-state index contributed by atoms with van der Waals surface area (Å²) in [6.45, 7) is 7.58. The lowest BCUT2D eigenvalue weighted by atomic mass is 9.70. The van der Waals surface area contributed by atoms with Gasteiger partial charge in [0.1, 0.15) is 0 Å². The highest BCUT2D eigenvalue weighted by Gasteiger charge is 2.47. The minimum Gasteiger partial charge on any atom is -0.481 e. The van der Waals surface area contributed by atoms with E-state index in [9.17, 15) is 9.90 Å². The average Bonchev–Trinajstić information content (AvgIpc) is 2.64. The van der Waals surface area contributed by atoms with Crippen LogP contribution in [0, 0.1) is 10.8 Å². The van der Waals surface area contributed by atoms with Gasteiger partial charge in [-0.25, -0.2) is 0 Å². The summed E-state index contributed by atoms with van der Waals surface area (Å²) in [7, 11) is 0. The quantitative estimate of drug-likeness (QED) is 0.711. The first-order chi connectivity index (χ1) is 10.1. The van der Waals surface area contributed by atoms with Gasteiger partial charge in [0, 0.05) is 19.6 Å². The van der Waals surface area contributed by atoms with Crippen molar-refractivity contribution in [1.82, 2.24) is 4.90 Å². The molecule has 1 saturated carbocycles. The lowest BCUT2D eigenvalue weighted by Crippen LogP contribution is -2.59. The predicted molar refractivity (Wildman–Crippen MR) is 86.5 cm³/mol. The summed E-state index contributed by atoms with van der Waals surface area (Å²) < 4.78 is 0.